The number of hydrogen-bond donors (Lipinski definition) is 2. The van der Waals surface area contributed by atoms with E-state index in [0.29, 0.717) is 16.8 Å². The summed E-state index contributed by atoms with van der Waals surface area (Å²) in [5.41, 5.74) is 10.3. The second-order valence-electron chi connectivity index (χ2n) is 6.95. The quantitative estimate of drug-likeness (QED) is 0.643. The Balaban J connectivity index is 2.30. The molecule has 2 aromatic heterocycles. The first-order valence-corrected chi connectivity index (χ1v) is 9.60. The van der Waals surface area contributed by atoms with Gasteiger partial charge in [-0.15, -0.1) is 0 Å². The fourth-order valence-electron chi connectivity index (χ4n) is 3.76. The highest BCUT2D eigenvalue weighted by Crippen LogP contribution is 2.35. The molecule has 142 valence electrons. The maximum atomic E-state index is 12.3. The maximum absolute atomic E-state index is 12.3. The number of benzene rings is 1. The molecule has 0 aliphatic carbocycles. The molecule has 0 radical (unpaired) electrons. The highest BCUT2D eigenvalue weighted by atomic mass is 16.3. The van der Waals surface area contributed by atoms with E-state index in [1.54, 1.807) is 12.1 Å². The Labute approximate surface area is 159 Å². The van der Waals surface area contributed by atoms with Gasteiger partial charge in [0.2, 0.25) is 0 Å². The first-order chi connectivity index (χ1) is 13.0. The zero-order valence-corrected chi connectivity index (χ0v) is 16.2. The molecule has 0 aliphatic rings. The van der Waals surface area contributed by atoms with Gasteiger partial charge in [0, 0.05) is 28.9 Å². The first-order valence-electron chi connectivity index (χ1n) is 9.60. The van der Waals surface area contributed by atoms with E-state index < -0.39 is 5.91 Å². The van der Waals surface area contributed by atoms with Gasteiger partial charge < -0.3 is 15.4 Å². The molecule has 0 saturated carbocycles. The third-order valence-corrected chi connectivity index (χ3v) is 5.05. The van der Waals surface area contributed by atoms with E-state index in [-0.39, 0.29) is 5.75 Å². The number of phenols is 1. The Hall–Kier alpha value is -2.82. The predicted molar refractivity (Wildman–Crippen MR) is 109 cm³/mol. The molecular weight excluding hydrogens is 338 g/mol. The molecule has 0 unspecified atom stereocenters. The van der Waals surface area contributed by atoms with E-state index in [9.17, 15) is 9.90 Å². The second kappa shape index (κ2) is 7.82. The average Bonchev–Trinajstić information content (AvgIpc) is 2.92. The topological polar surface area (TPSA) is 81.1 Å². The third-order valence-electron chi connectivity index (χ3n) is 5.05. The molecule has 3 aromatic rings. The van der Waals surface area contributed by atoms with Gasteiger partial charge in [0.15, 0.2) is 0 Å². The van der Waals surface area contributed by atoms with Crippen molar-refractivity contribution in [3.8, 4) is 17.0 Å². The number of para-hydroxylation sites is 1. The molecule has 0 bridgehead atoms. The van der Waals surface area contributed by atoms with E-state index in [1.165, 1.54) is 0 Å². The monoisotopic (exact) mass is 365 g/mol. The second-order valence-corrected chi connectivity index (χ2v) is 6.95. The minimum Gasteiger partial charge on any atom is -0.506 e. The van der Waals surface area contributed by atoms with Crippen molar-refractivity contribution >= 4 is 16.8 Å². The van der Waals surface area contributed by atoms with Gasteiger partial charge in [-0.1, -0.05) is 44.9 Å². The summed E-state index contributed by atoms with van der Waals surface area (Å²) in [5.74, 6) is -0.302. The summed E-state index contributed by atoms with van der Waals surface area (Å²) in [6.45, 7) is 7.09. The molecule has 0 atom stereocenters. The van der Waals surface area contributed by atoms with Crippen molar-refractivity contribution < 1.29 is 9.90 Å². The summed E-state index contributed by atoms with van der Waals surface area (Å²) in [7, 11) is 0. The van der Waals surface area contributed by atoms with Crippen molar-refractivity contribution in [2.45, 2.75) is 53.0 Å². The van der Waals surface area contributed by atoms with E-state index in [1.807, 2.05) is 25.1 Å². The number of phenolic OH excluding ortho intramolecular Hbond substituents is 1. The fraction of sp³-hybridized carbons (Fsp3) is 0.364. The maximum Gasteiger partial charge on any atom is 0.251 e. The standard InChI is InChI=1S/C22H27N3O2/c1-4-6-13-25-14(3)19(22(23)27)20(17(25)8-5-2)16-12-11-15-9-7-10-18(26)21(15)24-16/h7,9-12,26H,4-6,8,13H2,1-3H3,(H2,23,27). The number of pyridine rings is 1. The molecular formula is C22H27N3O2. The van der Waals surface area contributed by atoms with Gasteiger partial charge in [-0.2, -0.15) is 0 Å². The Morgan fingerprint density at radius 2 is 1.96 bits per heavy atom. The average molecular weight is 365 g/mol. The van der Waals surface area contributed by atoms with Gasteiger partial charge in [0.1, 0.15) is 11.3 Å². The number of amides is 1. The number of primary amides is 1. The number of unbranched alkanes of at least 4 members (excludes halogenated alkanes) is 1. The van der Waals surface area contributed by atoms with Gasteiger partial charge in [-0.3, -0.25) is 4.79 Å². The van der Waals surface area contributed by atoms with Crippen LogP contribution >= 0.6 is 0 Å². The molecule has 0 fully saturated rings. The van der Waals surface area contributed by atoms with Crippen LogP contribution in [-0.4, -0.2) is 20.6 Å². The number of rotatable bonds is 7. The van der Waals surface area contributed by atoms with Crippen LogP contribution in [-0.2, 0) is 13.0 Å². The van der Waals surface area contributed by atoms with Crippen LogP contribution in [0.4, 0.5) is 0 Å². The molecule has 5 heteroatoms. The van der Waals surface area contributed by atoms with Gasteiger partial charge >= 0.3 is 0 Å². The number of carbonyl (C=O) groups excluding carboxylic acids is 1. The normalized spacial score (nSPS) is 11.2. The fourth-order valence-corrected chi connectivity index (χ4v) is 3.76. The molecule has 5 nitrogen and oxygen atoms in total. The molecule has 2 heterocycles. The Kier molecular flexibility index (Phi) is 5.49. The predicted octanol–water partition coefficient (Wildman–Crippen LogP) is 4.57. The highest BCUT2D eigenvalue weighted by molar-refractivity contribution is 6.02. The van der Waals surface area contributed by atoms with Crippen molar-refractivity contribution in [1.29, 1.82) is 0 Å². The Bertz CT molecular complexity index is 989. The Morgan fingerprint density at radius 3 is 2.63 bits per heavy atom. The molecule has 3 rings (SSSR count). The van der Waals surface area contributed by atoms with Crippen molar-refractivity contribution in [3.63, 3.8) is 0 Å². The van der Waals surface area contributed by atoms with Crippen molar-refractivity contribution in [1.82, 2.24) is 9.55 Å². The minimum atomic E-state index is -0.436. The van der Waals surface area contributed by atoms with Crippen LogP contribution in [0.25, 0.3) is 22.2 Å². The number of aromatic nitrogens is 2. The SMILES string of the molecule is CCCCn1c(C)c(C(N)=O)c(-c2ccc3cccc(O)c3n2)c1CCC. The first kappa shape index (κ1) is 19.0. The molecule has 3 N–H and O–H groups in total. The molecule has 1 amide bonds. The summed E-state index contributed by atoms with van der Waals surface area (Å²) < 4.78 is 2.22. The van der Waals surface area contributed by atoms with Crippen LogP contribution in [0.15, 0.2) is 30.3 Å². The number of carbonyl (C=O) groups is 1. The summed E-state index contributed by atoms with van der Waals surface area (Å²) in [6, 6.07) is 9.16. The number of aromatic hydroxyl groups is 1. The van der Waals surface area contributed by atoms with E-state index in [0.717, 1.165) is 54.6 Å². The van der Waals surface area contributed by atoms with Crippen LogP contribution < -0.4 is 5.73 Å². The summed E-state index contributed by atoms with van der Waals surface area (Å²) in [4.78, 5) is 17.0. The van der Waals surface area contributed by atoms with Crippen LogP contribution in [0.1, 0.15) is 54.9 Å². The molecule has 0 saturated heterocycles. The van der Waals surface area contributed by atoms with Crippen molar-refractivity contribution in [2.24, 2.45) is 5.73 Å². The van der Waals surface area contributed by atoms with Crippen molar-refractivity contribution in [3.05, 3.63) is 47.3 Å². The number of nitrogens with two attached hydrogens (primary N) is 1. The highest BCUT2D eigenvalue weighted by Gasteiger charge is 2.25. The van der Waals surface area contributed by atoms with Gasteiger partial charge in [0.05, 0.1) is 11.3 Å². The molecule has 0 aliphatic heterocycles. The lowest BCUT2D eigenvalue weighted by Crippen LogP contribution is -2.13. The summed E-state index contributed by atoms with van der Waals surface area (Å²) in [5, 5.41) is 11.1. The zero-order valence-electron chi connectivity index (χ0n) is 16.2. The van der Waals surface area contributed by atoms with Gasteiger partial charge in [0.25, 0.3) is 5.91 Å². The molecule has 0 spiro atoms. The van der Waals surface area contributed by atoms with Gasteiger partial charge in [-0.05, 0) is 31.9 Å². The van der Waals surface area contributed by atoms with Crippen LogP contribution in [0.5, 0.6) is 5.75 Å². The lowest BCUT2D eigenvalue weighted by Gasteiger charge is -2.12. The molecule has 1 aromatic carbocycles. The Morgan fingerprint density at radius 1 is 1.19 bits per heavy atom. The zero-order chi connectivity index (χ0) is 19.6. The van der Waals surface area contributed by atoms with Crippen LogP contribution in [0.3, 0.4) is 0 Å². The number of fused-ring (bicyclic) bond motifs is 1. The van der Waals surface area contributed by atoms with E-state index >= 15 is 0 Å². The van der Waals surface area contributed by atoms with Crippen LogP contribution in [0, 0.1) is 6.92 Å². The van der Waals surface area contributed by atoms with Gasteiger partial charge in [-0.25, -0.2) is 4.98 Å². The number of nitrogens with zero attached hydrogens (tertiary/aromatic N) is 2. The summed E-state index contributed by atoms with van der Waals surface area (Å²) >= 11 is 0. The molecule has 27 heavy (non-hydrogen) atoms. The smallest absolute Gasteiger partial charge is 0.251 e. The largest absolute Gasteiger partial charge is 0.506 e. The number of hydrogen-bond acceptors (Lipinski definition) is 3. The lowest BCUT2D eigenvalue weighted by molar-refractivity contribution is 0.1000. The van der Waals surface area contributed by atoms with Crippen molar-refractivity contribution in [2.75, 3.05) is 0 Å². The minimum absolute atomic E-state index is 0.133. The summed E-state index contributed by atoms with van der Waals surface area (Å²) in [6.07, 6.45) is 3.91. The van der Waals surface area contributed by atoms with Crippen LogP contribution in [0.2, 0.25) is 0 Å². The lowest BCUT2D eigenvalue weighted by atomic mass is 10.0. The van der Waals surface area contributed by atoms with E-state index in [2.05, 4.69) is 18.4 Å². The van der Waals surface area contributed by atoms with E-state index in [4.69, 9.17) is 10.7 Å². The third kappa shape index (κ3) is 3.42.